The number of aryl methyl sites for hydroxylation is 1. The van der Waals surface area contributed by atoms with Crippen molar-refractivity contribution in [2.45, 2.75) is 25.7 Å². The highest BCUT2D eigenvalue weighted by Crippen LogP contribution is 2.41. The standard InChI is InChI=1S/C22H20O3/c1-24-18-12-6-5-10-16(18)21-20(14-15-8-3-2-4-9-15)25-19-13-7-11-17(23)22(19)21/h2-6,8-10,12H,7,11,13-14H2,1H3. The minimum absolute atomic E-state index is 0.171. The van der Waals surface area contributed by atoms with Crippen molar-refractivity contribution in [1.29, 1.82) is 0 Å². The number of ketones is 1. The smallest absolute Gasteiger partial charge is 0.167 e. The average Bonchev–Trinajstić information content (AvgIpc) is 3.01. The summed E-state index contributed by atoms with van der Waals surface area (Å²) >= 11 is 0. The van der Waals surface area contributed by atoms with Crippen LogP contribution in [-0.2, 0) is 12.8 Å². The lowest BCUT2D eigenvalue weighted by Crippen LogP contribution is -2.09. The van der Waals surface area contributed by atoms with Crippen molar-refractivity contribution in [1.82, 2.24) is 0 Å². The second-order valence-electron chi connectivity index (χ2n) is 6.34. The van der Waals surface area contributed by atoms with E-state index in [-0.39, 0.29) is 5.78 Å². The Balaban J connectivity index is 1.91. The summed E-state index contributed by atoms with van der Waals surface area (Å²) in [6, 6.07) is 18.0. The van der Waals surface area contributed by atoms with Crippen LogP contribution < -0.4 is 4.74 Å². The number of benzene rings is 2. The van der Waals surface area contributed by atoms with E-state index in [0.717, 1.165) is 52.4 Å². The lowest BCUT2D eigenvalue weighted by molar-refractivity contribution is 0.0970. The third-order valence-corrected chi connectivity index (χ3v) is 4.72. The second kappa shape index (κ2) is 6.60. The third-order valence-electron chi connectivity index (χ3n) is 4.72. The van der Waals surface area contributed by atoms with Crippen molar-refractivity contribution in [3.05, 3.63) is 77.2 Å². The minimum atomic E-state index is 0.171. The van der Waals surface area contributed by atoms with E-state index < -0.39 is 0 Å². The molecule has 3 heteroatoms. The number of carbonyl (C=O) groups excluding carboxylic acids is 1. The van der Waals surface area contributed by atoms with E-state index in [4.69, 9.17) is 9.15 Å². The number of para-hydroxylation sites is 1. The van der Waals surface area contributed by atoms with Crippen molar-refractivity contribution < 1.29 is 13.9 Å². The Morgan fingerprint density at radius 2 is 1.72 bits per heavy atom. The Morgan fingerprint density at radius 1 is 0.960 bits per heavy atom. The van der Waals surface area contributed by atoms with Gasteiger partial charge in [-0.1, -0.05) is 48.5 Å². The van der Waals surface area contributed by atoms with Gasteiger partial charge in [0.25, 0.3) is 0 Å². The molecule has 3 aromatic rings. The van der Waals surface area contributed by atoms with Crippen LogP contribution in [0, 0.1) is 0 Å². The zero-order valence-electron chi connectivity index (χ0n) is 14.2. The summed E-state index contributed by atoms with van der Waals surface area (Å²) in [6.07, 6.45) is 2.92. The second-order valence-corrected chi connectivity index (χ2v) is 6.34. The molecular weight excluding hydrogens is 312 g/mol. The fraction of sp³-hybridized carbons (Fsp3) is 0.227. The molecule has 1 aromatic heterocycles. The molecule has 3 nitrogen and oxygen atoms in total. The molecule has 1 aliphatic rings. The van der Waals surface area contributed by atoms with Gasteiger partial charge in [-0.15, -0.1) is 0 Å². The van der Waals surface area contributed by atoms with Gasteiger partial charge in [-0.3, -0.25) is 4.79 Å². The van der Waals surface area contributed by atoms with Crippen LogP contribution in [0.3, 0.4) is 0 Å². The molecule has 1 heterocycles. The zero-order valence-corrected chi connectivity index (χ0v) is 14.2. The number of furan rings is 1. The van der Waals surface area contributed by atoms with Gasteiger partial charge in [0.05, 0.1) is 12.7 Å². The van der Waals surface area contributed by atoms with Gasteiger partial charge in [0, 0.05) is 30.4 Å². The SMILES string of the molecule is COc1ccccc1-c1c(Cc2ccccc2)oc2c1C(=O)CCC2. The van der Waals surface area contributed by atoms with E-state index in [2.05, 4.69) is 12.1 Å². The molecule has 0 fully saturated rings. The summed E-state index contributed by atoms with van der Waals surface area (Å²) < 4.78 is 11.7. The summed E-state index contributed by atoms with van der Waals surface area (Å²) in [4.78, 5) is 12.6. The van der Waals surface area contributed by atoms with Crippen LogP contribution in [0.2, 0.25) is 0 Å². The summed E-state index contributed by atoms with van der Waals surface area (Å²) in [5.74, 6) is 2.60. The fourth-order valence-electron chi connectivity index (χ4n) is 3.58. The van der Waals surface area contributed by atoms with Gasteiger partial charge in [0.15, 0.2) is 5.78 Å². The Morgan fingerprint density at radius 3 is 2.52 bits per heavy atom. The van der Waals surface area contributed by atoms with Crippen molar-refractivity contribution >= 4 is 5.78 Å². The number of carbonyl (C=O) groups is 1. The molecular formula is C22H20O3. The van der Waals surface area contributed by atoms with E-state index in [1.807, 2.05) is 42.5 Å². The first-order chi connectivity index (χ1) is 12.3. The summed E-state index contributed by atoms with van der Waals surface area (Å²) in [5.41, 5.74) is 3.75. The van der Waals surface area contributed by atoms with Gasteiger partial charge < -0.3 is 9.15 Å². The Bertz CT molecular complexity index is 906. The maximum absolute atomic E-state index is 12.6. The van der Waals surface area contributed by atoms with E-state index in [0.29, 0.717) is 12.8 Å². The van der Waals surface area contributed by atoms with Crippen molar-refractivity contribution in [2.24, 2.45) is 0 Å². The first kappa shape index (κ1) is 15.7. The van der Waals surface area contributed by atoms with Gasteiger partial charge in [0.2, 0.25) is 0 Å². The fourth-order valence-corrected chi connectivity index (χ4v) is 3.58. The van der Waals surface area contributed by atoms with Crippen LogP contribution in [-0.4, -0.2) is 12.9 Å². The molecule has 0 saturated heterocycles. The number of hydrogen-bond acceptors (Lipinski definition) is 3. The van der Waals surface area contributed by atoms with E-state index >= 15 is 0 Å². The van der Waals surface area contributed by atoms with E-state index in [9.17, 15) is 4.79 Å². The molecule has 4 rings (SSSR count). The van der Waals surface area contributed by atoms with E-state index in [1.165, 1.54) is 0 Å². The normalized spacial score (nSPS) is 13.6. The van der Waals surface area contributed by atoms with Crippen LogP contribution in [0.25, 0.3) is 11.1 Å². The van der Waals surface area contributed by atoms with Crippen molar-refractivity contribution in [3.63, 3.8) is 0 Å². The lowest BCUT2D eigenvalue weighted by Gasteiger charge is -2.13. The lowest BCUT2D eigenvalue weighted by atomic mass is 9.89. The molecule has 0 unspecified atom stereocenters. The Kier molecular flexibility index (Phi) is 4.14. The minimum Gasteiger partial charge on any atom is -0.496 e. The highest BCUT2D eigenvalue weighted by molar-refractivity contribution is 6.05. The molecule has 25 heavy (non-hydrogen) atoms. The zero-order chi connectivity index (χ0) is 17.2. The first-order valence-corrected chi connectivity index (χ1v) is 8.63. The average molecular weight is 332 g/mol. The highest BCUT2D eigenvalue weighted by atomic mass is 16.5. The van der Waals surface area contributed by atoms with Gasteiger partial charge in [-0.05, 0) is 18.1 Å². The molecule has 0 N–H and O–H groups in total. The monoisotopic (exact) mass is 332 g/mol. The summed E-state index contributed by atoms with van der Waals surface area (Å²) in [6.45, 7) is 0. The number of ether oxygens (including phenoxy) is 1. The quantitative estimate of drug-likeness (QED) is 0.670. The molecule has 126 valence electrons. The molecule has 0 aliphatic heterocycles. The maximum atomic E-state index is 12.6. The molecule has 0 spiro atoms. The molecule has 0 amide bonds. The van der Waals surface area contributed by atoms with Crippen LogP contribution in [0.5, 0.6) is 5.75 Å². The van der Waals surface area contributed by atoms with Crippen LogP contribution in [0.4, 0.5) is 0 Å². The van der Waals surface area contributed by atoms with Crippen LogP contribution in [0.15, 0.2) is 59.0 Å². The molecule has 0 atom stereocenters. The number of hydrogen-bond donors (Lipinski definition) is 0. The summed E-state index contributed by atoms with van der Waals surface area (Å²) in [5, 5.41) is 0. The van der Waals surface area contributed by atoms with E-state index in [1.54, 1.807) is 7.11 Å². The van der Waals surface area contributed by atoms with Gasteiger partial charge >= 0.3 is 0 Å². The van der Waals surface area contributed by atoms with Gasteiger partial charge in [0.1, 0.15) is 17.3 Å². The number of methoxy groups -OCH3 is 1. The van der Waals surface area contributed by atoms with Gasteiger partial charge in [-0.25, -0.2) is 0 Å². The van der Waals surface area contributed by atoms with Crippen LogP contribution in [0.1, 0.15) is 40.3 Å². The predicted molar refractivity (Wildman–Crippen MR) is 97.2 cm³/mol. The topological polar surface area (TPSA) is 39.4 Å². The molecule has 0 saturated carbocycles. The van der Waals surface area contributed by atoms with Crippen molar-refractivity contribution in [2.75, 3.05) is 7.11 Å². The maximum Gasteiger partial charge on any atom is 0.167 e. The first-order valence-electron chi connectivity index (χ1n) is 8.63. The molecule has 0 bridgehead atoms. The molecule has 2 aromatic carbocycles. The van der Waals surface area contributed by atoms with Gasteiger partial charge in [-0.2, -0.15) is 0 Å². The Hall–Kier alpha value is -2.81. The third kappa shape index (κ3) is 2.86. The largest absolute Gasteiger partial charge is 0.496 e. The predicted octanol–water partition coefficient (Wildman–Crippen LogP) is 5.07. The summed E-state index contributed by atoms with van der Waals surface area (Å²) in [7, 11) is 1.66. The van der Waals surface area contributed by atoms with Crippen molar-refractivity contribution in [3.8, 4) is 16.9 Å². The molecule has 0 radical (unpaired) electrons. The highest BCUT2D eigenvalue weighted by Gasteiger charge is 2.30. The number of Topliss-reactive ketones (excluding diaryl/α,β-unsaturated/α-hetero) is 1. The number of fused-ring (bicyclic) bond motifs is 1. The molecule has 1 aliphatic carbocycles. The number of rotatable bonds is 4. The Labute approximate surface area is 147 Å². The van der Waals surface area contributed by atoms with Crippen LogP contribution >= 0.6 is 0 Å².